The van der Waals surface area contributed by atoms with Gasteiger partial charge in [-0.2, -0.15) is 5.10 Å². The summed E-state index contributed by atoms with van der Waals surface area (Å²) in [6.45, 7) is 4.94. The van der Waals surface area contributed by atoms with E-state index in [0.29, 0.717) is 6.04 Å². The van der Waals surface area contributed by atoms with Crippen LogP contribution in [0.2, 0.25) is 0 Å². The van der Waals surface area contributed by atoms with E-state index in [-0.39, 0.29) is 0 Å². The van der Waals surface area contributed by atoms with Crippen LogP contribution in [0, 0.1) is 6.92 Å². The summed E-state index contributed by atoms with van der Waals surface area (Å²) in [5.41, 5.74) is 3.46. The van der Waals surface area contributed by atoms with Gasteiger partial charge in [-0.1, -0.05) is 15.9 Å². The van der Waals surface area contributed by atoms with Crippen molar-refractivity contribution >= 4 is 21.6 Å². The highest BCUT2D eigenvalue weighted by Crippen LogP contribution is 2.24. The number of aromatic nitrogens is 2. The second kappa shape index (κ2) is 6.93. The molecular weight excluding hydrogens is 356 g/mol. The summed E-state index contributed by atoms with van der Waals surface area (Å²) in [5, 5.41) is 8.09. The molecule has 5 nitrogen and oxygen atoms in total. The van der Waals surface area contributed by atoms with Crippen LogP contribution < -0.4 is 15.0 Å². The molecule has 0 saturated carbocycles. The molecule has 6 heteroatoms. The molecule has 2 heterocycles. The van der Waals surface area contributed by atoms with Gasteiger partial charge in [-0.05, 0) is 37.6 Å². The Morgan fingerprint density at radius 2 is 2.09 bits per heavy atom. The molecule has 2 aromatic rings. The molecule has 0 aliphatic carbocycles. The Labute approximate surface area is 145 Å². The first kappa shape index (κ1) is 16.3. The lowest BCUT2D eigenvalue weighted by Crippen LogP contribution is -2.32. The zero-order valence-corrected chi connectivity index (χ0v) is 15.4. The van der Waals surface area contributed by atoms with Gasteiger partial charge in [0.2, 0.25) is 5.88 Å². The molecule has 0 spiro atoms. The van der Waals surface area contributed by atoms with Crippen LogP contribution in [-0.4, -0.2) is 36.0 Å². The van der Waals surface area contributed by atoms with Gasteiger partial charge < -0.3 is 15.0 Å². The van der Waals surface area contributed by atoms with E-state index < -0.39 is 0 Å². The number of ether oxygens (including phenoxy) is 1. The Balaban J connectivity index is 1.59. The Bertz CT molecular complexity index is 668. The number of methoxy groups -OCH3 is 1. The summed E-state index contributed by atoms with van der Waals surface area (Å²) in [4.78, 5) is 2.43. The van der Waals surface area contributed by atoms with E-state index in [9.17, 15) is 0 Å². The number of aryl methyl sites for hydroxylation is 2. The van der Waals surface area contributed by atoms with Crippen LogP contribution in [0.25, 0.3) is 0 Å². The first-order valence-electron chi connectivity index (χ1n) is 7.89. The summed E-state index contributed by atoms with van der Waals surface area (Å²) < 4.78 is 8.38. The third kappa shape index (κ3) is 3.53. The van der Waals surface area contributed by atoms with Gasteiger partial charge in [-0.25, -0.2) is 4.68 Å². The summed E-state index contributed by atoms with van der Waals surface area (Å²) in [6, 6.07) is 9.02. The molecule has 23 heavy (non-hydrogen) atoms. The van der Waals surface area contributed by atoms with E-state index in [2.05, 4.69) is 55.5 Å². The summed E-state index contributed by atoms with van der Waals surface area (Å²) in [7, 11) is 3.62. The Kier molecular flexibility index (Phi) is 4.92. The monoisotopic (exact) mass is 378 g/mol. The summed E-state index contributed by atoms with van der Waals surface area (Å²) >= 11 is 3.49. The first-order chi connectivity index (χ1) is 11.1. The van der Waals surface area contributed by atoms with Crippen molar-refractivity contribution in [2.75, 3.05) is 25.1 Å². The second-order valence-corrected chi connectivity index (χ2v) is 6.90. The summed E-state index contributed by atoms with van der Waals surface area (Å²) in [5.74, 6) is 0.845. The zero-order valence-electron chi connectivity index (χ0n) is 13.8. The van der Waals surface area contributed by atoms with Crippen LogP contribution >= 0.6 is 15.9 Å². The fourth-order valence-corrected chi connectivity index (χ4v) is 3.46. The van der Waals surface area contributed by atoms with Crippen LogP contribution in [0.5, 0.6) is 5.88 Å². The highest BCUT2D eigenvalue weighted by Gasteiger charge is 2.23. The standard InChI is InChI=1S/C17H23BrN4O/c1-12-16(17(23-3)21(2)20-12)10-19-14-8-9-22(11-14)15-6-4-13(18)5-7-15/h4-7,14,19H,8-11H2,1-3H3. The molecule has 1 saturated heterocycles. The average Bonchev–Trinajstić information content (AvgIpc) is 3.10. The third-order valence-electron chi connectivity index (χ3n) is 4.43. The maximum absolute atomic E-state index is 5.46. The molecule has 1 aliphatic rings. The predicted molar refractivity (Wildman–Crippen MR) is 96.1 cm³/mol. The van der Waals surface area contributed by atoms with E-state index in [1.165, 1.54) is 5.69 Å². The van der Waals surface area contributed by atoms with Crippen molar-refractivity contribution in [2.45, 2.75) is 25.9 Å². The molecule has 3 rings (SSSR count). The Morgan fingerprint density at radius 3 is 2.78 bits per heavy atom. The highest BCUT2D eigenvalue weighted by atomic mass is 79.9. The van der Waals surface area contributed by atoms with Crippen LogP contribution in [0.3, 0.4) is 0 Å². The van der Waals surface area contributed by atoms with E-state index in [1.807, 2.05) is 14.0 Å². The Hall–Kier alpha value is -1.53. The third-order valence-corrected chi connectivity index (χ3v) is 4.96. The van der Waals surface area contributed by atoms with Crippen LogP contribution in [-0.2, 0) is 13.6 Å². The van der Waals surface area contributed by atoms with Gasteiger partial charge in [0.15, 0.2) is 0 Å². The lowest BCUT2D eigenvalue weighted by Gasteiger charge is -2.19. The number of hydrogen-bond donors (Lipinski definition) is 1. The van der Waals surface area contributed by atoms with Gasteiger partial charge in [-0.3, -0.25) is 0 Å². The minimum Gasteiger partial charge on any atom is -0.481 e. The summed E-state index contributed by atoms with van der Waals surface area (Å²) in [6.07, 6.45) is 1.15. The van der Waals surface area contributed by atoms with Crippen LogP contribution in [0.4, 0.5) is 5.69 Å². The van der Waals surface area contributed by atoms with Crippen LogP contribution in [0.1, 0.15) is 17.7 Å². The molecule has 1 fully saturated rings. The maximum atomic E-state index is 5.46. The molecule has 0 bridgehead atoms. The van der Waals surface area contributed by atoms with E-state index >= 15 is 0 Å². The van der Waals surface area contributed by atoms with E-state index in [4.69, 9.17) is 4.74 Å². The number of nitrogens with zero attached hydrogens (tertiary/aromatic N) is 3. The molecule has 1 aromatic carbocycles. The van der Waals surface area contributed by atoms with Crippen molar-refractivity contribution < 1.29 is 4.74 Å². The topological polar surface area (TPSA) is 42.3 Å². The lowest BCUT2D eigenvalue weighted by atomic mass is 10.2. The maximum Gasteiger partial charge on any atom is 0.216 e. The van der Waals surface area contributed by atoms with Gasteiger partial charge in [0, 0.05) is 42.9 Å². The SMILES string of the molecule is COc1c(CNC2CCN(c3ccc(Br)cc3)C2)c(C)nn1C. The molecule has 0 radical (unpaired) electrons. The Morgan fingerprint density at radius 1 is 1.35 bits per heavy atom. The minimum atomic E-state index is 0.489. The molecule has 1 unspecified atom stereocenters. The number of halogens is 1. The smallest absolute Gasteiger partial charge is 0.216 e. The molecule has 1 atom stereocenters. The van der Waals surface area contributed by atoms with Crippen molar-refractivity contribution in [3.8, 4) is 5.88 Å². The highest BCUT2D eigenvalue weighted by molar-refractivity contribution is 9.10. The quantitative estimate of drug-likeness (QED) is 0.868. The van der Waals surface area contributed by atoms with Gasteiger partial charge in [0.1, 0.15) is 0 Å². The fraction of sp³-hybridized carbons (Fsp3) is 0.471. The number of hydrogen-bond acceptors (Lipinski definition) is 4. The zero-order chi connectivity index (χ0) is 16.4. The predicted octanol–water partition coefficient (Wildman–Crippen LogP) is 2.87. The first-order valence-corrected chi connectivity index (χ1v) is 8.68. The fourth-order valence-electron chi connectivity index (χ4n) is 3.20. The molecule has 124 valence electrons. The van der Waals surface area contributed by atoms with Crippen molar-refractivity contribution in [1.82, 2.24) is 15.1 Å². The second-order valence-electron chi connectivity index (χ2n) is 5.99. The van der Waals surface area contributed by atoms with Gasteiger partial charge in [0.05, 0.1) is 18.4 Å². The molecule has 1 aromatic heterocycles. The lowest BCUT2D eigenvalue weighted by molar-refractivity contribution is 0.367. The number of nitrogens with one attached hydrogen (secondary N) is 1. The van der Waals surface area contributed by atoms with Crippen molar-refractivity contribution in [3.63, 3.8) is 0 Å². The van der Waals surface area contributed by atoms with Crippen molar-refractivity contribution in [3.05, 3.63) is 40.0 Å². The van der Waals surface area contributed by atoms with Gasteiger partial charge in [-0.15, -0.1) is 0 Å². The molecule has 1 aliphatic heterocycles. The number of anilines is 1. The molecular formula is C17H23BrN4O. The normalized spacial score (nSPS) is 17.7. The number of benzene rings is 1. The molecule has 1 N–H and O–H groups in total. The van der Waals surface area contributed by atoms with E-state index in [1.54, 1.807) is 11.8 Å². The van der Waals surface area contributed by atoms with Crippen molar-refractivity contribution in [2.24, 2.45) is 7.05 Å². The van der Waals surface area contributed by atoms with Gasteiger partial charge >= 0.3 is 0 Å². The largest absolute Gasteiger partial charge is 0.481 e. The minimum absolute atomic E-state index is 0.489. The van der Waals surface area contributed by atoms with Crippen LogP contribution in [0.15, 0.2) is 28.7 Å². The van der Waals surface area contributed by atoms with Crippen molar-refractivity contribution in [1.29, 1.82) is 0 Å². The van der Waals surface area contributed by atoms with Gasteiger partial charge in [0.25, 0.3) is 0 Å². The molecule has 0 amide bonds. The number of rotatable bonds is 5. The van der Waals surface area contributed by atoms with E-state index in [0.717, 1.165) is 47.7 Å². The average molecular weight is 379 g/mol.